The Bertz CT molecular complexity index is 1170. The molecule has 0 unspecified atom stereocenters. The second-order valence-corrected chi connectivity index (χ2v) is 8.43. The first-order valence-corrected chi connectivity index (χ1v) is 11.5. The number of nitrogens with zero attached hydrogens (tertiary/aromatic N) is 3. The lowest BCUT2D eigenvalue weighted by Crippen LogP contribution is -2.35. The highest BCUT2D eigenvalue weighted by molar-refractivity contribution is 6.35. The Hall–Kier alpha value is -3.93. The van der Waals surface area contributed by atoms with Crippen LogP contribution in [0.3, 0.4) is 0 Å². The summed E-state index contributed by atoms with van der Waals surface area (Å²) < 4.78 is 5.76. The van der Waals surface area contributed by atoms with Crippen LogP contribution in [0.15, 0.2) is 84.7 Å². The van der Waals surface area contributed by atoms with Crippen LogP contribution in [0.5, 0.6) is 5.75 Å². The topological polar surface area (TPSA) is 62.7 Å². The molecule has 0 saturated carbocycles. The number of pyridine rings is 1. The molecule has 0 bridgehead atoms. The van der Waals surface area contributed by atoms with Crippen molar-refractivity contribution in [3.8, 4) is 5.75 Å². The molecule has 6 heteroatoms. The Morgan fingerprint density at radius 3 is 2.24 bits per heavy atom. The zero-order valence-corrected chi connectivity index (χ0v) is 19.8. The number of ether oxygens (including phenoxy) is 1. The van der Waals surface area contributed by atoms with E-state index >= 15 is 0 Å². The van der Waals surface area contributed by atoms with Gasteiger partial charge in [0.15, 0.2) is 0 Å². The Labute approximate surface area is 200 Å². The first-order valence-electron chi connectivity index (χ1n) is 11.5. The Balaban J connectivity index is 1.74. The van der Waals surface area contributed by atoms with Crippen molar-refractivity contribution in [1.82, 2.24) is 14.8 Å². The Kier molecular flexibility index (Phi) is 7.07. The van der Waals surface area contributed by atoms with Crippen molar-refractivity contribution in [2.75, 3.05) is 6.54 Å². The molecule has 2 aromatic carbocycles. The average Bonchev–Trinajstić information content (AvgIpc) is 3.09. The molecule has 3 aromatic rings. The molecule has 0 radical (unpaired) electrons. The molecule has 4 rings (SSSR count). The molecule has 0 fully saturated rings. The van der Waals surface area contributed by atoms with Gasteiger partial charge in [0.1, 0.15) is 11.4 Å². The van der Waals surface area contributed by atoms with E-state index in [1.165, 1.54) is 4.90 Å². The lowest BCUT2D eigenvalue weighted by molar-refractivity contribution is -0.138. The quantitative estimate of drug-likeness (QED) is 0.439. The van der Waals surface area contributed by atoms with Gasteiger partial charge in [-0.25, -0.2) is 0 Å². The van der Waals surface area contributed by atoms with Gasteiger partial charge in [0.25, 0.3) is 11.8 Å². The summed E-state index contributed by atoms with van der Waals surface area (Å²) >= 11 is 0. The second-order valence-electron chi connectivity index (χ2n) is 8.43. The van der Waals surface area contributed by atoms with Crippen LogP contribution in [-0.2, 0) is 22.7 Å². The van der Waals surface area contributed by atoms with E-state index < -0.39 is 0 Å². The van der Waals surface area contributed by atoms with Crippen LogP contribution < -0.4 is 4.74 Å². The molecule has 2 amide bonds. The third-order valence-corrected chi connectivity index (χ3v) is 5.62. The normalized spacial score (nSPS) is 13.7. The molecule has 0 aliphatic carbocycles. The van der Waals surface area contributed by atoms with Crippen LogP contribution in [0.2, 0.25) is 0 Å². The maximum atomic E-state index is 13.7. The van der Waals surface area contributed by atoms with E-state index in [0.717, 1.165) is 11.3 Å². The number of carbonyl (C=O) groups is 2. The SMILES string of the molecule is CCN(Cc1ccccc1)C1=C(c2ccc(OC(C)C)cc2)C(=O)N(Cc2ccccn2)C1=O. The Morgan fingerprint density at radius 2 is 1.62 bits per heavy atom. The third kappa shape index (κ3) is 5.01. The van der Waals surface area contributed by atoms with Crippen molar-refractivity contribution in [1.29, 1.82) is 0 Å². The number of imide groups is 1. The smallest absolute Gasteiger partial charge is 0.278 e. The Morgan fingerprint density at radius 1 is 0.912 bits per heavy atom. The van der Waals surface area contributed by atoms with Crippen molar-refractivity contribution in [3.05, 3.63) is 102 Å². The summed E-state index contributed by atoms with van der Waals surface area (Å²) in [6.45, 7) is 7.16. The molecule has 0 N–H and O–H groups in total. The molecule has 34 heavy (non-hydrogen) atoms. The number of benzene rings is 2. The van der Waals surface area contributed by atoms with E-state index in [-0.39, 0.29) is 24.5 Å². The molecular formula is C28H29N3O3. The van der Waals surface area contributed by atoms with Gasteiger partial charge in [-0.3, -0.25) is 19.5 Å². The number of rotatable bonds is 9. The highest BCUT2D eigenvalue weighted by atomic mass is 16.5. The van der Waals surface area contributed by atoms with E-state index in [4.69, 9.17) is 4.74 Å². The van der Waals surface area contributed by atoms with Gasteiger partial charge in [-0.15, -0.1) is 0 Å². The summed E-state index contributed by atoms with van der Waals surface area (Å²) in [5.74, 6) is 0.111. The van der Waals surface area contributed by atoms with E-state index in [1.54, 1.807) is 6.20 Å². The molecule has 0 saturated heterocycles. The standard InChI is InChI=1S/C28H29N3O3/c1-4-30(18-21-10-6-5-7-11-21)26-25(22-13-15-24(16-14-22)34-20(2)3)27(32)31(28(26)33)19-23-12-8-9-17-29-23/h5-17,20H,4,18-19H2,1-3H3. The van der Waals surface area contributed by atoms with Gasteiger partial charge in [0.05, 0.1) is 23.9 Å². The largest absolute Gasteiger partial charge is 0.491 e. The number of carbonyl (C=O) groups excluding carboxylic acids is 2. The zero-order chi connectivity index (χ0) is 24.1. The van der Waals surface area contributed by atoms with Crippen molar-refractivity contribution >= 4 is 17.4 Å². The van der Waals surface area contributed by atoms with Crippen molar-refractivity contribution in [3.63, 3.8) is 0 Å². The molecule has 1 aliphatic rings. The molecule has 1 aromatic heterocycles. The van der Waals surface area contributed by atoms with Crippen molar-refractivity contribution in [2.45, 2.75) is 40.0 Å². The maximum Gasteiger partial charge on any atom is 0.278 e. The van der Waals surface area contributed by atoms with Gasteiger partial charge < -0.3 is 9.64 Å². The van der Waals surface area contributed by atoms with Crippen LogP contribution in [0, 0.1) is 0 Å². The molecule has 1 aliphatic heterocycles. The van der Waals surface area contributed by atoms with E-state index in [2.05, 4.69) is 4.98 Å². The van der Waals surface area contributed by atoms with Crippen LogP contribution in [0.4, 0.5) is 0 Å². The van der Waals surface area contributed by atoms with Crippen LogP contribution in [0.25, 0.3) is 5.57 Å². The van der Waals surface area contributed by atoms with Gasteiger partial charge in [-0.1, -0.05) is 48.5 Å². The van der Waals surface area contributed by atoms with E-state index in [1.807, 2.05) is 98.5 Å². The number of likely N-dealkylation sites (N-methyl/N-ethyl adjacent to an activating group) is 1. The molecular weight excluding hydrogens is 426 g/mol. The number of hydrogen-bond acceptors (Lipinski definition) is 5. The van der Waals surface area contributed by atoms with E-state index in [9.17, 15) is 9.59 Å². The summed E-state index contributed by atoms with van der Waals surface area (Å²) in [6.07, 6.45) is 1.71. The molecule has 2 heterocycles. The van der Waals surface area contributed by atoms with Gasteiger partial charge in [-0.05, 0) is 56.2 Å². The minimum absolute atomic E-state index is 0.0469. The number of amides is 2. The summed E-state index contributed by atoms with van der Waals surface area (Å²) in [6, 6.07) is 22.8. The highest BCUT2D eigenvalue weighted by Crippen LogP contribution is 2.34. The molecule has 174 valence electrons. The predicted molar refractivity (Wildman–Crippen MR) is 131 cm³/mol. The van der Waals surface area contributed by atoms with Crippen LogP contribution >= 0.6 is 0 Å². The second kappa shape index (κ2) is 10.3. The summed E-state index contributed by atoms with van der Waals surface area (Å²) in [4.78, 5) is 34.9. The van der Waals surface area contributed by atoms with Crippen molar-refractivity contribution < 1.29 is 14.3 Å². The fourth-order valence-corrected chi connectivity index (χ4v) is 4.04. The summed E-state index contributed by atoms with van der Waals surface area (Å²) in [5, 5.41) is 0. The first kappa shape index (κ1) is 23.2. The summed E-state index contributed by atoms with van der Waals surface area (Å²) in [7, 11) is 0. The lowest BCUT2D eigenvalue weighted by Gasteiger charge is -2.25. The highest BCUT2D eigenvalue weighted by Gasteiger charge is 2.41. The first-order chi connectivity index (χ1) is 16.5. The van der Waals surface area contributed by atoms with Gasteiger partial charge in [0, 0.05) is 19.3 Å². The minimum Gasteiger partial charge on any atom is -0.491 e. The average molecular weight is 456 g/mol. The predicted octanol–water partition coefficient (Wildman–Crippen LogP) is 4.67. The fourth-order valence-electron chi connectivity index (χ4n) is 4.04. The minimum atomic E-state index is -0.310. The molecule has 0 spiro atoms. The molecule has 0 atom stereocenters. The lowest BCUT2D eigenvalue weighted by atomic mass is 10.0. The van der Waals surface area contributed by atoms with Crippen molar-refractivity contribution in [2.24, 2.45) is 0 Å². The van der Waals surface area contributed by atoms with Gasteiger partial charge in [0.2, 0.25) is 0 Å². The molecule has 6 nitrogen and oxygen atoms in total. The monoisotopic (exact) mass is 455 g/mol. The van der Waals surface area contributed by atoms with Gasteiger partial charge in [-0.2, -0.15) is 0 Å². The van der Waals surface area contributed by atoms with Crippen LogP contribution in [-0.4, -0.2) is 39.2 Å². The van der Waals surface area contributed by atoms with Crippen LogP contribution in [0.1, 0.15) is 37.6 Å². The fraction of sp³-hybridized carbons (Fsp3) is 0.250. The van der Waals surface area contributed by atoms with E-state index in [0.29, 0.717) is 35.6 Å². The maximum absolute atomic E-state index is 13.7. The zero-order valence-electron chi connectivity index (χ0n) is 19.8. The number of hydrogen-bond donors (Lipinski definition) is 0. The van der Waals surface area contributed by atoms with Gasteiger partial charge >= 0.3 is 0 Å². The summed E-state index contributed by atoms with van der Waals surface area (Å²) in [5.41, 5.74) is 3.26. The third-order valence-electron chi connectivity index (χ3n) is 5.62. The number of aromatic nitrogens is 1.